The number of amides is 2. The number of benzene rings is 1. The molecular weight excluding hydrogens is 261 g/mol. The zero-order valence-electron chi connectivity index (χ0n) is 10.00. The van der Waals surface area contributed by atoms with E-state index in [0.717, 1.165) is 10.5 Å². The van der Waals surface area contributed by atoms with Crippen molar-refractivity contribution in [1.29, 1.82) is 0 Å². The van der Waals surface area contributed by atoms with Gasteiger partial charge in [0, 0.05) is 6.54 Å². The summed E-state index contributed by atoms with van der Waals surface area (Å²) in [5.41, 5.74) is 1.06. The van der Waals surface area contributed by atoms with Crippen LogP contribution in [0.5, 0.6) is 5.75 Å². The van der Waals surface area contributed by atoms with Crippen LogP contribution in [0.3, 0.4) is 0 Å². The Morgan fingerprint density at radius 3 is 2.84 bits per heavy atom. The van der Waals surface area contributed by atoms with Gasteiger partial charge in [-0.25, -0.2) is 4.79 Å². The molecule has 2 amide bonds. The van der Waals surface area contributed by atoms with Crippen LogP contribution in [-0.2, 0) is 6.42 Å². The summed E-state index contributed by atoms with van der Waals surface area (Å²) in [7, 11) is 0. The maximum atomic E-state index is 12.1. The topological polar surface area (TPSA) is 52.6 Å². The number of phenols is 1. The second-order valence-corrected chi connectivity index (χ2v) is 4.31. The Hall–Kier alpha value is -1.92. The summed E-state index contributed by atoms with van der Waals surface area (Å²) in [5.74, 6) is -0.0978. The molecule has 104 valence electrons. The minimum absolute atomic E-state index is 0.0978. The number of aromatic hydroxyl groups is 1. The Balaban J connectivity index is 2.17. The number of rotatable bonds is 1. The van der Waals surface area contributed by atoms with Crippen molar-refractivity contribution >= 4 is 11.7 Å². The van der Waals surface area contributed by atoms with Gasteiger partial charge in [-0.2, -0.15) is 13.2 Å². The lowest BCUT2D eigenvalue weighted by atomic mass is 10.0. The average molecular weight is 274 g/mol. The molecule has 0 atom stereocenters. The third-order valence-electron chi connectivity index (χ3n) is 2.88. The summed E-state index contributed by atoms with van der Waals surface area (Å²) in [6.45, 7) is -1.10. The predicted octanol–water partition coefficient (Wildman–Crippen LogP) is 2.42. The van der Waals surface area contributed by atoms with Gasteiger partial charge in [-0.05, 0) is 24.5 Å². The number of alkyl halides is 3. The molecule has 0 unspecified atom stereocenters. The largest absolute Gasteiger partial charge is 0.506 e. The SMILES string of the molecule is O=C(NCC(F)(F)F)N1CCCc2cccc(O)c21. The van der Waals surface area contributed by atoms with Gasteiger partial charge in [-0.15, -0.1) is 0 Å². The van der Waals surface area contributed by atoms with Gasteiger partial charge in [-0.1, -0.05) is 12.1 Å². The number of urea groups is 1. The van der Waals surface area contributed by atoms with Crippen molar-refractivity contribution in [2.45, 2.75) is 19.0 Å². The molecule has 7 heteroatoms. The number of aryl methyl sites for hydroxylation is 1. The van der Waals surface area contributed by atoms with Crippen LogP contribution in [0.25, 0.3) is 0 Å². The zero-order chi connectivity index (χ0) is 14.0. The van der Waals surface area contributed by atoms with Crippen molar-refractivity contribution in [1.82, 2.24) is 5.32 Å². The maximum Gasteiger partial charge on any atom is 0.405 e. The van der Waals surface area contributed by atoms with Crippen LogP contribution in [0.4, 0.5) is 23.7 Å². The summed E-state index contributed by atoms with van der Waals surface area (Å²) < 4.78 is 36.2. The molecule has 0 aromatic heterocycles. The highest BCUT2D eigenvalue weighted by Crippen LogP contribution is 2.35. The van der Waals surface area contributed by atoms with E-state index < -0.39 is 18.8 Å². The number of anilines is 1. The molecule has 2 rings (SSSR count). The number of nitrogens with one attached hydrogen (secondary N) is 1. The highest BCUT2D eigenvalue weighted by molar-refractivity contribution is 5.95. The Morgan fingerprint density at radius 1 is 1.42 bits per heavy atom. The summed E-state index contributed by atoms with van der Waals surface area (Å²) in [6, 6.07) is 3.96. The summed E-state index contributed by atoms with van der Waals surface area (Å²) in [4.78, 5) is 12.9. The second kappa shape index (κ2) is 4.99. The number of carbonyl (C=O) groups is 1. The Kier molecular flexibility index (Phi) is 3.55. The van der Waals surface area contributed by atoms with E-state index in [4.69, 9.17) is 0 Å². The van der Waals surface area contributed by atoms with Gasteiger partial charge < -0.3 is 10.4 Å². The normalized spacial score (nSPS) is 15.0. The monoisotopic (exact) mass is 274 g/mol. The minimum Gasteiger partial charge on any atom is -0.506 e. The molecule has 4 nitrogen and oxygen atoms in total. The van der Waals surface area contributed by atoms with Crippen LogP contribution < -0.4 is 10.2 Å². The third kappa shape index (κ3) is 3.10. The molecule has 2 N–H and O–H groups in total. The van der Waals surface area contributed by atoms with Gasteiger partial charge in [-0.3, -0.25) is 4.90 Å². The number of nitrogens with zero attached hydrogens (tertiary/aromatic N) is 1. The van der Waals surface area contributed by atoms with E-state index in [0.29, 0.717) is 18.5 Å². The van der Waals surface area contributed by atoms with Crippen LogP contribution in [0.15, 0.2) is 18.2 Å². The van der Waals surface area contributed by atoms with E-state index in [2.05, 4.69) is 0 Å². The molecule has 0 saturated carbocycles. The van der Waals surface area contributed by atoms with Crippen LogP contribution in [0, 0.1) is 0 Å². The van der Waals surface area contributed by atoms with Gasteiger partial charge in [0.2, 0.25) is 0 Å². The first-order valence-corrected chi connectivity index (χ1v) is 5.81. The first kappa shape index (κ1) is 13.5. The van der Waals surface area contributed by atoms with Gasteiger partial charge in [0.1, 0.15) is 12.3 Å². The highest BCUT2D eigenvalue weighted by atomic mass is 19.4. The van der Waals surface area contributed by atoms with Gasteiger partial charge in [0.25, 0.3) is 0 Å². The molecule has 0 aliphatic carbocycles. The molecule has 0 fully saturated rings. The maximum absolute atomic E-state index is 12.1. The standard InChI is InChI=1S/C12H13F3N2O2/c13-12(14,15)7-16-11(19)17-6-2-4-8-3-1-5-9(18)10(8)17/h1,3,5,18H,2,4,6-7H2,(H,16,19). The number of fused-ring (bicyclic) bond motifs is 1. The number of hydrogen-bond acceptors (Lipinski definition) is 2. The first-order chi connectivity index (χ1) is 8.88. The summed E-state index contributed by atoms with van der Waals surface area (Å²) in [5, 5.41) is 11.6. The van der Waals surface area contributed by atoms with E-state index in [1.54, 1.807) is 12.1 Å². The zero-order valence-corrected chi connectivity index (χ0v) is 10.00. The molecule has 0 spiro atoms. The molecule has 0 saturated heterocycles. The van der Waals surface area contributed by atoms with Crippen LogP contribution >= 0.6 is 0 Å². The number of para-hydroxylation sites is 1. The smallest absolute Gasteiger partial charge is 0.405 e. The van der Waals surface area contributed by atoms with Crippen molar-refractivity contribution in [2.75, 3.05) is 18.0 Å². The Bertz CT molecular complexity index is 488. The van der Waals surface area contributed by atoms with Crippen molar-refractivity contribution in [3.05, 3.63) is 23.8 Å². The van der Waals surface area contributed by atoms with Crippen LogP contribution in [0.1, 0.15) is 12.0 Å². The van der Waals surface area contributed by atoms with Crippen molar-refractivity contribution in [3.8, 4) is 5.75 Å². The predicted molar refractivity (Wildman–Crippen MR) is 63.2 cm³/mol. The molecule has 1 aromatic carbocycles. The fraction of sp³-hybridized carbons (Fsp3) is 0.417. The molecule has 1 heterocycles. The van der Waals surface area contributed by atoms with E-state index in [1.165, 1.54) is 6.07 Å². The average Bonchev–Trinajstić information content (AvgIpc) is 2.35. The fourth-order valence-corrected chi connectivity index (χ4v) is 2.10. The Labute approximate surface area is 107 Å². The molecule has 1 aliphatic rings. The molecule has 0 bridgehead atoms. The van der Waals surface area contributed by atoms with E-state index in [9.17, 15) is 23.1 Å². The lowest BCUT2D eigenvalue weighted by Gasteiger charge is -2.30. The lowest BCUT2D eigenvalue weighted by molar-refractivity contribution is -0.122. The Morgan fingerprint density at radius 2 is 2.16 bits per heavy atom. The third-order valence-corrected chi connectivity index (χ3v) is 2.88. The van der Waals surface area contributed by atoms with E-state index in [1.807, 2.05) is 5.32 Å². The quantitative estimate of drug-likeness (QED) is 0.826. The first-order valence-electron chi connectivity index (χ1n) is 5.81. The summed E-state index contributed by atoms with van der Waals surface area (Å²) >= 11 is 0. The number of phenolic OH excluding ortho intramolecular Hbond substituents is 1. The fourth-order valence-electron chi connectivity index (χ4n) is 2.10. The molecule has 0 radical (unpaired) electrons. The minimum atomic E-state index is -4.45. The van der Waals surface area contributed by atoms with Gasteiger partial charge in [0.05, 0.1) is 5.69 Å². The van der Waals surface area contributed by atoms with E-state index >= 15 is 0 Å². The number of halogens is 3. The van der Waals surface area contributed by atoms with Crippen molar-refractivity contribution < 1.29 is 23.1 Å². The van der Waals surface area contributed by atoms with Gasteiger partial charge in [0.15, 0.2) is 0 Å². The molecular formula is C12H13F3N2O2. The number of carbonyl (C=O) groups excluding carboxylic acids is 1. The second-order valence-electron chi connectivity index (χ2n) is 4.31. The van der Waals surface area contributed by atoms with Gasteiger partial charge >= 0.3 is 12.2 Å². The molecule has 1 aromatic rings. The van der Waals surface area contributed by atoms with Crippen molar-refractivity contribution in [2.24, 2.45) is 0 Å². The number of hydrogen-bond donors (Lipinski definition) is 2. The molecule has 1 aliphatic heterocycles. The van der Waals surface area contributed by atoms with Crippen LogP contribution in [-0.4, -0.2) is 30.4 Å². The summed E-state index contributed by atoms with van der Waals surface area (Å²) in [6.07, 6.45) is -3.12. The highest BCUT2D eigenvalue weighted by Gasteiger charge is 2.31. The molecule has 19 heavy (non-hydrogen) atoms. The van der Waals surface area contributed by atoms with Crippen LogP contribution in [0.2, 0.25) is 0 Å². The van der Waals surface area contributed by atoms with Crippen molar-refractivity contribution in [3.63, 3.8) is 0 Å². The van der Waals surface area contributed by atoms with E-state index in [-0.39, 0.29) is 12.3 Å². The lowest BCUT2D eigenvalue weighted by Crippen LogP contribution is -2.45.